The van der Waals surface area contributed by atoms with Crippen LogP contribution in [-0.2, 0) is 17.8 Å². The molecule has 0 saturated heterocycles. The van der Waals surface area contributed by atoms with E-state index in [1.807, 2.05) is 18.2 Å². The van der Waals surface area contributed by atoms with Crippen LogP contribution in [-0.4, -0.2) is 23.2 Å². The molecule has 18 heavy (non-hydrogen) atoms. The predicted molar refractivity (Wildman–Crippen MR) is 64.7 cm³/mol. The summed E-state index contributed by atoms with van der Waals surface area (Å²) in [7, 11) is 1.77. The Hall–Kier alpha value is -2.21. The normalized spacial score (nSPS) is 14.1. The van der Waals surface area contributed by atoms with Gasteiger partial charge in [0.15, 0.2) is 0 Å². The summed E-state index contributed by atoms with van der Waals surface area (Å²) < 4.78 is 5.39. The molecule has 1 aromatic heterocycles. The van der Waals surface area contributed by atoms with Crippen LogP contribution >= 0.6 is 0 Å². The van der Waals surface area contributed by atoms with Gasteiger partial charge in [0.1, 0.15) is 0 Å². The molecule has 0 bridgehead atoms. The average molecular weight is 244 g/mol. The van der Waals surface area contributed by atoms with Gasteiger partial charge in [-0.05, 0) is 23.8 Å². The van der Waals surface area contributed by atoms with Gasteiger partial charge < -0.3 is 15.1 Å². The molecule has 1 aromatic carbocycles. The average Bonchev–Trinajstić information content (AvgIpc) is 2.95. The minimum atomic E-state index is 0.0929. The maximum atomic E-state index is 11.6. The Morgan fingerprint density at radius 1 is 1.44 bits per heavy atom. The maximum Gasteiger partial charge on any atom is 0.247 e. The van der Waals surface area contributed by atoms with E-state index in [0.29, 0.717) is 18.2 Å². The zero-order valence-electron chi connectivity index (χ0n) is 9.88. The highest BCUT2D eigenvalue weighted by molar-refractivity contribution is 6.01. The number of amides is 1. The number of benzene rings is 1. The van der Waals surface area contributed by atoms with Crippen molar-refractivity contribution in [1.29, 1.82) is 0 Å². The SMILES string of the molecule is CN1C(=O)Cc2cc(-c3nnc(CN)o3)ccc21. The first-order chi connectivity index (χ1) is 8.69. The monoisotopic (exact) mass is 244 g/mol. The number of hydrogen-bond acceptors (Lipinski definition) is 5. The number of carbonyl (C=O) groups excluding carboxylic acids is 1. The molecule has 2 aromatic rings. The Morgan fingerprint density at radius 2 is 2.28 bits per heavy atom. The molecule has 0 spiro atoms. The molecule has 6 heteroatoms. The number of carbonyl (C=O) groups is 1. The van der Waals surface area contributed by atoms with Gasteiger partial charge in [0.05, 0.1) is 13.0 Å². The van der Waals surface area contributed by atoms with Crippen LogP contribution in [0.3, 0.4) is 0 Å². The lowest BCUT2D eigenvalue weighted by atomic mass is 10.1. The van der Waals surface area contributed by atoms with Gasteiger partial charge in [-0.25, -0.2) is 0 Å². The number of nitrogens with two attached hydrogens (primary N) is 1. The molecule has 1 aliphatic rings. The summed E-state index contributed by atoms with van der Waals surface area (Å²) in [4.78, 5) is 13.2. The number of hydrogen-bond donors (Lipinski definition) is 1. The van der Waals surface area contributed by atoms with Gasteiger partial charge in [0.2, 0.25) is 17.7 Å². The van der Waals surface area contributed by atoms with Gasteiger partial charge in [-0.3, -0.25) is 4.79 Å². The highest BCUT2D eigenvalue weighted by atomic mass is 16.4. The Morgan fingerprint density at radius 3 is 3.00 bits per heavy atom. The fourth-order valence-corrected chi connectivity index (χ4v) is 2.06. The Bertz CT molecular complexity index is 620. The van der Waals surface area contributed by atoms with Gasteiger partial charge in [0, 0.05) is 18.3 Å². The van der Waals surface area contributed by atoms with Crippen LogP contribution in [0.15, 0.2) is 22.6 Å². The van der Waals surface area contributed by atoms with E-state index >= 15 is 0 Å². The zero-order valence-corrected chi connectivity index (χ0v) is 9.88. The van der Waals surface area contributed by atoms with Crippen molar-refractivity contribution in [2.24, 2.45) is 5.73 Å². The molecule has 1 amide bonds. The molecule has 2 heterocycles. The van der Waals surface area contributed by atoms with E-state index in [4.69, 9.17) is 10.2 Å². The van der Waals surface area contributed by atoms with Crippen molar-refractivity contribution >= 4 is 11.6 Å². The molecule has 2 N–H and O–H groups in total. The van der Waals surface area contributed by atoms with Gasteiger partial charge >= 0.3 is 0 Å². The number of aromatic nitrogens is 2. The van der Waals surface area contributed by atoms with Gasteiger partial charge in [-0.15, -0.1) is 10.2 Å². The van der Waals surface area contributed by atoms with E-state index in [2.05, 4.69) is 10.2 Å². The first-order valence-electron chi connectivity index (χ1n) is 5.61. The second-order valence-corrected chi connectivity index (χ2v) is 4.18. The van der Waals surface area contributed by atoms with Crippen molar-refractivity contribution in [2.45, 2.75) is 13.0 Å². The third kappa shape index (κ3) is 1.58. The highest BCUT2D eigenvalue weighted by Crippen LogP contribution is 2.31. The minimum Gasteiger partial charge on any atom is -0.419 e. The second kappa shape index (κ2) is 3.92. The quantitative estimate of drug-likeness (QED) is 0.841. The lowest BCUT2D eigenvalue weighted by Gasteiger charge is -2.09. The molecular weight excluding hydrogens is 232 g/mol. The molecule has 0 saturated carbocycles. The standard InChI is InChI=1S/C12H12N4O2/c1-16-9-3-2-7(4-8(9)5-11(16)17)12-15-14-10(6-13)18-12/h2-4H,5-6,13H2,1H3. The van der Waals surface area contributed by atoms with Crippen molar-refractivity contribution < 1.29 is 9.21 Å². The van der Waals surface area contributed by atoms with Crippen LogP contribution in [0.1, 0.15) is 11.5 Å². The molecule has 6 nitrogen and oxygen atoms in total. The Kier molecular flexibility index (Phi) is 2.38. The first kappa shape index (κ1) is 10.9. The first-order valence-corrected chi connectivity index (χ1v) is 5.61. The number of likely N-dealkylation sites (N-methyl/N-ethyl adjacent to an activating group) is 1. The number of rotatable bonds is 2. The van der Waals surface area contributed by atoms with Crippen LogP contribution in [0.4, 0.5) is 5.69 Å². The van der Waals surface area contributed by atoms with Crippen LogP contribution < -0.4 is 10.6 Å². The van der Waals surface area contributed by atoms with Crippen molar-refractivity contribution in [3.8, 4) is 11.5 Å². The van der Waals surface area contributed by atoms with E-state index in [-0.39, 0.29) is 12.5 Å². The van der Waals surface area contributed by atoms with Crippen molar-refractivity contribution in [2.75, 3.05) is 11.9 Å². The maximum absolute atomic E-state index is 11.6. The van der Waals surface area contributed by atoms with Crippen molar-refractivity contribution in [1.82, 2.24) is 10.2 Å². The summed E-state index contributed by atoms with van der Waals surface area (Å²) >= 11 is 0. The highest BCUT2D eigenvalue weighted by Gasteiger charge is 2.24. The van der Waals surface area contributed by atoms with E-state index in [9.17, 15) is 4.79 Å². The fourth-order valence-electron chi connectivity index (χ4n) is 2.06. The van der Waals surface area contributed by atoms with E-state index < -0.39 is 0 Å². The molecule has 0 radical (unpaired) electrons. The lowest BCUT2D eigenvalue weighted by Crippen LogP contribution is -2.20. The fraction of sp³-hybridized carbons (Fsp3) is 0.250. The van der Waals surface area contributed by atoms with E-state index in [1.54, 1.807) is 11.9 Å². The number of fused-ring (bicyclic) bond motifs is 1. The zero-order chi connectivity index (χ0) is 12.7. The van der Waals surface area contributed by atoms with Crippen LogP contribution in [0.2, 0.25) is 0 Å². The minimum absolute atomic E-state index is 0.0929. The van der Waals surface area contributed by atoms with Gasteiger partial charge in [-0.1, -0.05) is 0 Å². The molecule has 0 unspecified atom stereocenters. The van der Waals surface area contributed by atoms with Crippen LogP contribution in [0, 0.1) is 0 Å². The Balaban J connectivity index is 2.01. The van der Waals surface area contributed by atoms with Crippen LogP contribution in [0.25, 0.3) is 11.5 Å². The molecule has 1 aliphatic heterocycles. The third-order valence-corrected chi connectivity index (χ3v) is 3.05. The number of anilines is 1. The summed E-state index contributed by atoms with van der Waals surface area (Å²) in [5.41, 5.74) is 8.14. The summed E-state index contributed by atoms with van der Waals surface area (Å²) in [6.45, 7) is 0.221. The van der Waals surface area contributed by atoms with Gasteiger partial charge in [-0.2, -0.15) is 0 Å². The largest absolute Gasteiger partial charge is 0.419 e. The molecule has 0 atom stereocenters. The summed E-state index contributed by atoms with van der Waals surface area (Å²) in [5, 5.41) is 7.74. The van der Waals surface area contributed by atoms with E-state index in [1.165, 1.54) is 0 Å². The number of nitrogens with zero attached hydrogens (tertiary/aromatic N) is 3. The molecule has 0 aliphatic carbocycles. The van der Waals surface area contributed by atoms with Crippen LogP contribution in [0.5, 0.6) is 0 Å². The smallest absolute Gasteiger partial charge is 0.247 e. The molecule has 3 rings (SSSR count). The Labute approximate surface area is 103 Å². The van der Waals surface area contributed by atoms with Crippen molar-refractivity contribution in [3.63, 3.8) is 0 Å². The third-order valence-electron chi connectivity index (χ3n) is 3.05. The van der Waals surface area contributed by atoms with Gasteiger partial charge in [0.25, 0.3) is 0 Å². The topological polar surface area (TPSA) is 85.2 Å². The molecular formula is C12H12N4O2. The summed E-state index contributed by atoms with van der Waals surface area (Å²) in [6, 6.07) is 5.66. The summed E-state index contributed by atoms with van der Waals surface area (Å²) in [5.74, 6) is 0.925. The summed E-state index contributed by atoms with van der Waals surface area (Å²) in [6.07, 6.45) is 0.414. The second-order valence-electron chi connectivity index (χ2n) is 4.18. The molecule has 92 valence electrons. The molecule has 0 fully saturated rings. The van der Waals surface area contributed by atoms with E-state index in [0.717, 1.165) is 16.8 Å². The lowest BCUT2D eigenvalue weighted by molar-refractivity contribution is -0.117. The van der Waals surface area contributed by atoms with Crippen molar-refractivity contribution in [3.05, 3.63) is 29.7 Å². The predicted octanol–water partition coefficient (Wildman–Crippen LogP) is 0.714.